The zero-order valence-electron chi connectivity index (χ0n) is 19.5. The number of anilines is 1. The van der Waals surface area contributed by atoms with E-state index in [1.54, 1.807) is 47.2 Å². The van der Waals surface area contributed by atoms with Crippen molar-refractivity contribution in [2.24, 2.45) is 0 Å². The number of oxazole rings is 1. The maximum Gasteiger partial charge on any atom is 0.276 e. The largest absolute Gasteiger partial charge is 0.443 e. The summed E-state index contributed by atoms with van der Waals surface area (Å²) in [7, 11) is 1.74. The molecule has 0 unspecified atom stereocenters. The first-order chi connectivity index (χ1) is 16.5. The van der Waals surface area contributed by atoms with Crippen LogP contribution in [0.4, 0.5) is 10.1 Å². The molecule has 178 valence electrons. The molecule has 1 aliphatic heterocycles. The standard InChI is InChI=1S/C26H29FN4O3/c1-3-4-13-29(2)26(33)23-24(34-18-28-23)21-7-5-6-8-22(21)25(32)31-16-14-30(15-17-31)20-11-9-19(27)10-12-20/h5-12,18H,3-4,13-17H2,1-2H3. The molecule has 1 aliphatic rings. The molecule has 0 spiro atoms. The molecule has 0 saturated carbocycles. The van der Waals surface area contributed by atoms with Crippen molar-refractivity contribution in [2.45, 2.75) is 19.8 Å². The Bertz CT molecular complexity index is 1140. The van der Waals surface area contributed by atoms with Gasteiger partial charge in [0.15, 0.2) is 17.8 Å². The van der Waals surface area contributed by atoms with Crippen molar-refractivity contribution in [1.82, 2.24) is 14.8 Å². The van der Waals surface area contributed by atoms with Crippen LogP contribution in [0.25, 0.3) is 11.3 Å². The highest BCUT2D eigenvalue weighted by Gasteiger charge is 2.28. The molecule has 0 N–H and O–H groups in total. The summed E-state index contributed by atoms with van der Waals surface area (Å²) < 4.78 is 18.9. The van der Waals surface area contributed by atoms with Crippen LogP contribution in [0.5, 0.6) is 0 Å². The highest BCUT2D eigenvalue weighted by Crippen LogP contribution is 2.29. The molecule has 0 bridgehead atoms. The Labute approximate surface area is 198 Å². The lowest BCUT2D eigenvalue weighted by molar-refractivity contribution is 0.0745. The molecule has 2 aromatic carbocycles. The first kappa shape index (κ1) is 23.5. The average molecular weight is 465 g/mol. The van der Waals surface area contributed by atoms with E-state index >= 15 is 0 Å². The summed E-state index contributed by atoms with van der Waals surface area (Å²) in [4.78, 5) is 36.1. The third-order valence-corrected chi connectivity index (χ3v) is 6.12. The smallest absolute Gasteiger partial charge is 0.276 e. The highest BCUT2D eigenvalue weighted by molar-refractivity contribution is 6.04. The van der Waals surface area contributed by atoms with Crippen LogP contribution in [0, 0.1) is 5.82 Å². The van der Waals surface area contributed by atoms with E-state index in [1.165, 1.54) is 18.5 Å². The molecule has 34 heavy (non-hydrogen) atoms. The number of rotatable bonds is 7. The summed E-state index contributed by atoms with van der Waals surface area (Å²) in [6, 6.07) is 13.5. The number of hydrogen-bond donors (Lipinski definition) is 0. The molecule has 1 saturated heterocycles. The van der Waals surface area contributed by atoms with E-state index in [4.69, 9.17) is 4.42 Å². The number of hydrogen-bond acceptors (Lipinski definition) is 5. The maximum absolute atomic E-state index is 13.5. The Hall–Kier alpha value is -3.68. The van der Waals surface area contributed by atoms with Gasteiger partial charge in [-0.3, -0.25) is 9.59 Å². The second-order valence-electron chi connectivity index (χ2n) is 8.41. The Morgan fingerprint density at radius 3 is 2.47 bits per heavy atom. The van der Waals surface area contributed by atoms with Crippen LogP contribution in [0.3, 0.4) is 0 Å². The number of carbonyl (C=O) groups is 2. The van der Waals surface area contributed by atoms with E-state index in [0.29, 0.717) is 49.6 Å². The van der Waals surface area contributed by atoms with Gasteiger partial charge in [-0.15, -0.1) is 0 Å². The van der Waals surface area contributed by atoms with Gasteiger partial charge in [0.05, 0.1) is 5.56 Å². The number of halogens is 1. The summed E-state index contributed by atoms with van der Waals surface area (Å²) in [6.45, 7) is 5.06. The van der Waals surface area contributed by atoms with Crippen molar-refractivity contribution in [2.75, 3.05) is 44.7 Å². The fourth-order valence-electron chi connectivity index (χ4n) is 4.12. The first-order valence-electron chi connectivity index (χ1n) is 11.6. The minimum atomic E-state index is -0.268. The van der Waals surface area contributed by atoms with Crippen molar-refractivity contribution in [3.05, 3.63) is 72.0 Å². The monoisotopic (exact) mass is 464 g/mol. The summed E-state index contributed by atoms with van der Waals surface area (Å²) in [5.41, 5.74) is 2.17. The van der Waals surface area contributed by atoms with Crippen LogP contribution in [-0.2, 0) is 0 Å². The van der Waals surface area contributed by atoms with Gasteiger partial charge >= 0.3 is 0 Å². The Kier molecular flexibility index (Phi) is 7.25. The fourth-order valence-corrected chi connectivity index (χ4v) is 4.12. The lowest BCUT2D eigenvalue weighted by Crippen LogP contribution is -2.48. The highest BCUT2D eigenvalue weighted by atomic mass is 19.1. The predicted molar refractivity (Wildman–Crippen MR) is 128 cm³/mol. The number of benzene rings is 2. The molecule has 0 atom stereocenters. The van der Waals surface area contributed by atoms with E-state index < -0.39 is 0 Å². The molecule has 8 heteroatoms. The third-order valence-electron chi connectivity index (χ3n) is 6.12. The summed E-state index contributed by atoms with van der Waals surface area (Å²) in [6.07, 6.45) is 3.13. The number of nitrogens with zero attached hydrogens (tertiary/aromatic N) is 4. The SMILES string of the molecule is CCCCN(C)C(=O)c1ncoc1-c1ccccc1C(=O)N1CCN(c2ccc(F)cc2)CC1. The number of piperazine rings is 1. The van der Waals surface area contributed by atoms with Gasteiger partial charge in [-0.1, -0.05) is 31.5 Å². The van der Waals surface area contributed by atoms with E-state index in [9.17, 15) is 14.0 Å². The molecule has 1 aromatic heterocycles. The lowest BCUT2D eigenvalue weighted by atomic mass is 10.0. The van der Waals surface area contributed by atoms with Gasteiger partial charge < -0.3 is 19.1 Å². The Morgan fingerprint density at radius 1 is 1.06 bits per heavy atom. The van der Waals surface area contributed by atoms with Gasteiger partial charge in [0.25, 0.3) is 11.8 Å². The van der Waals surface area contributed by atoms with Crippen LogP contribution in [-0.4, -0.2) is 66.4 Å². The number of aromatic nitrogens is 1. The molecule has 1 fully saturated rings. The zero-order valence-corrected chi connectivity index (χ0v) is 19.5. The average Bonchev–Trinajstić information content (AvgIpc) is 3.37. The van der Waals surface area contributed by atoms with Gasteiger partial charge in [-0.05, 0) is 36.8 Å². The molecule has 2 amide bonds. The lowest BCUT2D eigenvalue weighted by Gasteiger charge is -2.36. The minimum absolute atomic E-state index is 0.122. The Morgan fingerprint density at radius 2 is 1.76 bits per heavy atom. The summed E-state index contributed by atoms with van der Waals surface area (Å²) >= 11 is 0. The van der Waals surface area contributed by atoms with Crippen LogP contribution < -0.4 is 4.90 Å². The number of unbranched alkanes of at least 4 members (excludes halogenated alkanes) is 1. The maximum atomic E-state index is 13.5. The van der Waals surface area contributed by atoms with E-state index in [0.717, 1.165) is 18.5 Å². The number of carbonyl (C=O) groups excluding carboxylic acids is 2. The Balaban J connectivity index is 1.51. The minimum Gasteiger partial charge on any atom is -0.443 e. The zero-order chi connectivity index (χ0) is 24.1. The second-order valence-corrected chi connectivity index (χ2v) is 8.41. The van der Waals surface area contributed by atoms with Crippen LogP contribution in [0.15, 0.2) is 59.3 Å². The number of amides is 2. The summed E-state index contributed by atoms with van der Waals surface area (Å²) in [5.74, 6) is -0.311. The molecule has 0 radical (unpaired) electrons. The van der Waals surface area contributed by atoms with Gasteiger partial charge in [-0.25, -0.2) is 9.37 Å². The molecule has 4 rings (SSSR count). The van der Waals surface area contributed by atoms with Crippen molar-refractivity contribution in [1.29, 1.82) is 0 Å². The second kappa shape index (κ2) is 10.5. The first-order valence-corrected chi connectivity index (χ1v) is 11.6. The van der Waals surface area contributed by atoms with Gasteiger partial charge in [0.1, 0.15) is 5.82 Å². The van der Waals surface area contributed by atoms with Crippen molar-refractivity contribution in [3.63, 3.8) is 0 Å². The quantitative estimate of drug-likeness (QED) is 0.521. The van der Waals surface area contributed by atoms with Crippen LogP contribution in [0.1, 0.15) is 40.6 Å². The van der Waals surface area contributed by atoms with E-state index in [-0.39, 0.29) is 23.3 Å². The van der Waals surface area contributed by atoms with E-state index in [2.05, 4.69) is 16.8 Å². The molecule has 2 heterocycles. The van der Waals surface area contributed by atoms with Crippen LogP contribution >= 0.6 is 0 Å². The summed E-state index contributed by atoms with van der Waals surface area (Å²) in [5, 5.41) is 0. The normalized spacial score (nSPS) is 13.7. The van der Waals surface area contributed by atoms with E-state index in [1.807, 2.05) is 6.07 Å². The molecular weight excluding hydrogens is 435 g/mol. The van der Waals surface area contributed by atoms with Crippen LogP contribution in [0.2, 0.25) is 0 Å². The van der Waals surface area contributed by atoms with Gasteiger partial charge in [0.2, 0.25) is 0 Å². The molecule has 7 nitrogen and oxygen atoms in total. The molecule has 0 aliphatic carbocycles. The fraction of sp³-hybridized carbons (Fsp3) is 0.346. The topological polar surface area (TPSA) is 69.9 Å². The van der Waals surface area contributed by atoms with Gasteiger partial charge in [-0.2, -0.15) is 0 Å². The third kappa shape index (κ3) is 4.95. The van der Waals surface area contributed by atoms with Crippen molar-refractivity contribution < 1.29 is 18.4 Å². The van der Waals surface area contributed by atoms with Crippen molar-refractivity contribution >= 4 is 17.5 Å². The molecule has 3 aromatic rings. The van der Waals surface area contributed by atoms with Gasteiger partial charge in [0, 0.05) is 51.0 Å². The molecular formula is C26H29FN4O3. The predicted octanol–water partition coefficient (Wildman–Crippen LogP) is 4.32. The van der Waals surface area contributed by atoms with Crippen molar-refractivity contribution in [3.8, 4) is 11.3 Å².